The number of unbranched alkanes of at least 4 members (excludes halogenated alkanes) is 6. The van der Waals surface area contributed by atoms with Gasteiger partial charge in [0.05, 0.1) is 32.7 Å². The minimum absolute atomic E-state index is 0.122. The van der Waals surface area contributed by atoms with Gasteiger partial charge >= 0.3 is 24.1 Å². The summed E-state index contributed by atoms with van der Waals surface area (Å²) in [6.45, 7) is 12.7. The molecule has 0 saturated carbocycles. The van der Waals surface area contributed by atoms with Gasteiger partial charge in [-0.2, -0.15) is 13.2 Å². The predicted molar refractivity (Wildman–Crippen MR) is 247 cm³/mol. The molecule has 0 heterocycles. The Bertz CT molecular complexity index is 2490. The van der Waals surface area contributed by atoms with Crippen molar-refractivity contribution in [2.75, 3.05) is 33.2 Å². The van der Waals surface area contributed by atoms with Crippen LogP contribution in [0.1, 0.15) is 94.4 Å². The van der Waals surface area contributed by atoms with Crippen LogP contribution in [0.4, 0.5) is 22.0 Å². The average Bonchev–Trinajstić information content (AvgIpc) is 3.51. The first kappa shape index (κ1) is 52.1. The fraction of sp³-hybridized carbons (Fsp3) is 0.340. The van der Waals surface area contributed by atoms with E-state index in [2.05, 4.69) is 31.7 Å². The molecule has 68 heavy (non-hydrogen) atoms. The fourth-order valence-corrected chi connectivity index (χ4v) is 7.04. The van der Waals surface area contributed by atoms with Crippen LogP contribution in [0, 0.1) is 11.6 Å². The highest BCUT2D eigenvalue weighted by Gasteiger charge is 2.38. The van der Waals surface area contributed by atoms with Crippen molar-refractivity contribution in [2.24, 2.45) is 0 Å². The van der Waals surface area contributed by atoms with Crippen molar-refractivity contribution in [3.05, 3.63) is 143 Å². The zero-order valence-electron chi connectivity index (χ0n) is 38.3. The van der Waals surface area contributed by atoms with Crippen LogP contribution in [-0.4, -0.2) is 57.3 Å². The van der Waals surface area contributed by atoms with Crippen molar-refractivity contribution in [3.63, 3.8) is 0 Å². The molecule has 0 fully saturated rings. The van der Waals surface area contributed by atoms with E-state index < -0.39 is 40.7 Å². The van der Waals surface area contributed by atoms with Gasteiger partial charge in [-0.1, -0.05) is 39.1 Å². The molecular weight excluding hydrogens is 892 g/mol. The van der Waals surface area contributed by atoms with Crippen molar-refractivity contribution in [1.82, 2.24) is 0 Å². The molecule has 1 aliphatic carbocycles. The molecule has 0 saturated heterocycles. The van der Waals surface area contributed by atoms with Gasteiger partial charge in [-0.05, 0) is 141 Å². The second kappa shape index (κ2) is 24.7. The topological polar surface area (TPSA) is 116 Å². The highest BCUT2D eigenvalue weighted by Crippen LogP contribution is 2.50. The van der Waals surface area contributed by atoms with Gasteiger partial charge in [0.25, 0.3) is 0 Å². The van der Waals surface area contributed by atoms with E-state index in [0.29, 0.717) is 67.3 Å². The molecule has 0 atom stereocenters. The molecule has 0 aliphatic heterocycles. The molecule has 0 radical (unpaired) electrons. The lowest BCUT2D eigenvalue weighted by Gasteiger charge is -2.22. The van der Waals surface area contributed by atoms with Gasteiger partial charge in [0.2, 0.25) is 6.79 Å². The summed E-state index contributed by atoms with van der Waals surface area (Å²) >= 11 is 0. The summed E-state index contributed by atoms with van der Waals surface area (Å²) in [6, 6.07) is 19.9. The van der Waals surface area contributed by atoms with Gasteiger partial charge in [0, 0.05) is 40.3 Å². The summed E-state index contributed by atoms with van der Waals surface area (Å²) in [5.74, 6) is -2.06. The van der Waals surface area contributed by atoms with Crippen LogP contribution in [0.15, 0.2) is 109 Å². The molecule has 0 unspecified atom stereocenters. The first-order chi connectivity index (χ1) is 32.4. The fourth-order valence-electron chi connectivity index (χ4n) is 7.04. The number of esters is 3. The Kier molecular flexibility index (Phi) is 19.0. The monoisotopic (exact) mass is 946 g/mol. The number of ether oxygens (including phenoxy) is 7. The molecule has 1 aliphatic rings. The maximum Gasteiger partial charge on any atom is 0.422 e. The number of carbonyl (C=O) groups is 3. The number of halogens is 5. The van der Waals surface area contributed by atoms with Crippen LogP contribution in [0.5, 0.6) is 23.0 Å². The van der Waals surface area contributed by atoms with E-state index >= 15 is 0 Å². The smallest absolute Gasteiger partial charge is 0.422 e. The highest BCUT2D eigenvalue weighted by atomic mass is 19.4. The third-order valence-electron chi connectivity index (χ3n) is 10.8. The molecular formula is C53H55F5O10. The Morgan fingerprint density at radius 1 is 0.603 bits per heavy atom. The second-order valence-electron chi connectivity index (χ2n) is 16.4. The Hall–Kier alpha value is -6.90. The van der Waals surface area contributed by atoms with E-state index in [0.717, 1.165) is 54.0 Å². The Morgan fingerprint density at radius 3 is 1.60 bits per heavy atom. The third kappa shape index (κ3) is 15.3. The standard InChI is InChI=1S/C53H55F5O10/c1-35(2)50(60)65-27-12-8-6-10-26-64-41-18-15-38(48(55)33-41)24-29-62-34-67-39-19-21-43-44-22-20-42(31-46(44)52(4,5)45(43)30-39)68-49(59)23-16-37-14-17-40(32-47(37)54)63-25-11-7-9-13-28-66-51(61)36(3)53(56,57)58/h14-24,29-33H,1,3,6-13,25-28,34H2,2,4-5H3. The van der Waals surface area contributed by atoms with Gasteiger partial charge in [-0.15, -0.1) is 0 Å². The zero-order valence-corrected chi connectivity index (χ0v) is 38.3. The molecule has 5 rings (SSSR count). The van der Waals surface area contributed by atoms with Crippen molar-refractivity contribution in [3.8, 4) is 34.1 Å². The summed E-state index contributed by atoms with van der Waals surface area (Å²) in [7, 11) is 0. The van der Waals surface area contributed by atoms with Crippen molar-refractivity contribution in [1.29, 1.82) is 0 Å². The number of hydrogen-bond acceptors (Lipinski definition) is 10. The van der Waals surface area contributed by atoms with Gasteiger partial charge in [-0.3, -0.25) is 0 Å². The molecule has 0 amide bonds. The largest absolute Gasteiger partial charge is 0.493 e. The number of alkyl halides is 3. The number of fused-ring (bicyclic) bond motifs is 3. The van der Waals surface area contributed by atoms with Gasteiger partial charge in [0.15, 0.2) is 0 Å². The first-order valence-corrected chi connectivity index (χ1v) is 22.1. The number of benzene rings is 4. The molecule has 4 aromatic rings. The molecule has 4 aromatic carbocycles. The maximum absolute atomic E-state index is 14.9. The zero-order chi connectivity index (χ0) is 49.3. The van der Waals surface area contributed by atoms with E-state index in [-0.39, 0.29) is 37.3 Å². The van der Waals surface area contributed by atoms with Crippen LogP contribution >= 0.6 is 0 Å². The molecule has 362 valence electrons. The quantitative estimate of drug-likeness (QED) is 0.0115. The second-order valence-corrected chi connectivity index (χ2v) is 16.4. The van der Waals surface area contributed by atoms with E-state index in [1.807, 2.05) is 30.3 Å². The van der Waals surface area contributed by atoms with Crippen LogP contribution < -0.4 is 18.9 Å². The molecule has 10 nitrogen and oxygen atoms in total. The van der Waals surface area contributed by atoms with Crippen LogP contribution in [0.3, 0.4) is 0 Å². The van der Waals surface area contributed by atoms with Crippen molar-refractivity contribution >= 4 is 30.1 Å². The summed E-state index contributed by atoms with van der Waals surface area (Å²) in [5.41, 5.74) is 2.72. The van der Waals surface area contributed by atoms with Gasteiger partial charge < -0.3 is 33.2 Å². The number of carbonyl (C=O) groups excluding carboxylic acids is 3. The normalized spacial score (nSPS) is 12.6. The predicted octanol–water partition coefficient (Wildman–Crippen LogP) is 12.6. The molecule has 0 bridgehead atoms. The number of rotatable bonds is 26. The summed E-state index contributed by atoms with van der Waals surface area (Å²) in [5, 5.41) is 0. The van der Waals surface area contributed by atoms with Gasteiger partial charge in [0.1, 0.15) is 40.2 Å². The van der Waals surface area contributed by atoms with Gasteiger partial charge in [-0.25, -0.2) is 23.2 Å². The first-order valence-electron chi connectivity index (χ1n) is 22.1. The molecule has 0 aromatic heterocycles. The lowest BCUT2D eigenvalue weighted by atomic mass is 9.82. The van der Waals surface area contributed by atoms with Crippen molar-refractivity contribution < 1.29 is 69.5 Å². The Labute approximate surface area is 393 Å². The van der Waals surface area contributed by atoms with Crippen LogP contribution in [0.25, 0.3) is 23.3 Å². The summed E-state index contributed by atoms with van der Waals surface area (Å²) in [6.07, 6.45) is 5.95. The van der Waals surface area contributed by atoms with E-state index in [1.165, 1.54) is 36.6 Å². The lowest BCUT2D eigenvalue weighted by Crippen LogP contribution is -2.21. The van der Waals surface area contributed by atoms with E-state index in [1.54, 1.807) is 31.2 Å². The maximum atomic E-state index is 14.9. The average molecular weight is 947 g/mol. The Morgan fingerprint density at radius 2 is 1.07 bits per heavy atom. The van der Waals surface area contributed by atoms with Crippen LogP contribution in [0.2, 0.25) is 0 Å². The highest BCUT2D eigenvalue weighted by molar-refractivity contribution is 5.90. The van der Waals surface area contributed by atoms with E-state index in [4.69, 9.17) is 28.4 Å². The molecule has 0 spiro atoms. The van der Waals surface area contributed by atoms with Crippen LogP contribution in [-0.2, 0) is 34.0 Å². The molecule has 15 heteroatoms. The minimum Gasteiger partial charge on any atom is -0.493 e. The molecule has 0 N–H and O–H groups in total. The Balaban J connectivity index is 1.01. The summed E-state index contributed by atoms with van der Waals surface area (Å²) in [4.78, 5) is 35.6. The van der Waals surface area contributed by atoms with Crippen molar-refractivity contribution in [2.45, 2.75) is 83.7 Å². The van der Waals surface area contributed by atoms with E-state index in [9.17, 15) is 36.3 Å². The third-order valence-corrected chi connectivity index (χ3v) is 10.8. The lowest BCUT2D eigenvalue weighted by molar-refractivity contribution is -0.150. The minimum atomic E-state index is -4.83. The SMILES string of the molecule is C=C(C)C(=O)OCCCCCCOc1ccc(C=COCOc2ccc3c(c2)C(C)(C)c2cc(OC(=O)C=Cc4ccc(OCCCCCCOC(=O)C(=C)C(F)(F)F)cc4F)ccc2-3)c(F)c1. The number of hydrogen-bond donors (Lipinski definition) is 0. The summed E-state index contributed by atoms with van der Waals surface area (Å²) < 4.78 is 105.